The van der Waals surface area contributed by atoms with Crippen LogP contribution in [0.2, 0.25) is 0 Å². The maximum Gasteiger partial charge on any atom is 0.342 e. The van der Waals surface area contributed by atoms with Gasteiger partial charge in [-0.25, -0.2) is 9.59 Å². The van der Waals surface area contributed by atoms with Gasteiger partial charge in [0, 0.05) is 5.69 Å². The number of benzene rings is 2. The van der Waals surface area contributed by atoms with Gasteiger partial charge >= 0.3 is 11.9 Å². The second kappa shape index (κ2) is 11.5. The highest BCUT2D eigenvalue weighted by molar-refractivity contribution is 8.04. The number of amides is 1. The largest absolute Gasteiger partial charge is 0.477 e. The summed E-state index contributed by atoms with van der Waals surface area (Å²) < 4.78 is 4.90. The van der Waals surface area contributed by atoms with E-state index in [1.54, 1.807) is 43.3 Å². The molecule has 0 aliphatic heterocycles. The maximum absolute atomic E-state index is 12.1. The second-order valence-electron chi connectivity index (χ2n) is 5.74. The van der Waals surface area contributed by atoms with E-state index in [0.717, 1.165) is 17.3 Å². The highest BCUT2D eigenvalue weighted by Crippen LogP contribution is 2.18. The summed E-state index contributed by atoms with van der Waals surface area (Å²) >= 11 is 0.931. The molecule has 0 unspecified atom stereocenters. The van der Waals surface area contributed by atoms with Crippen LogP contribution in [0.4, 0.5) is 5.69 Å². The van der Waals surface area contributed by atoms with Crippen LogP contribution >= 0.6 is 11.8 Å². The molecule has 0 radical (unpaired) electrons. The molecule has 7 heteroatoms. The van der Waals surface area contributed by atoms with E-state index in [-0.39, 0.29) is 23.2 Å². The Morgan fingerprint density at radius 2 is 1.76 bits per heavy atom. The Kier molecular flexibility index (Phi) is 8.72. The summed E-state index contributed by atoms with van der Waals surface area (Å²) in [4.78, 5) is 35.1. The molecule has 0 heterocycles. The standard InChI is InChI=1S/C22H21NO5S/c1-2-28-22(27)17-11-13-18(14-12-17)23-20(24)15-29-19(21(25)26)10-6-9-16-7-4-3-5-8-16/h3-14H,2,15H2,1H3,(H,23,24)(H,25,26)/b9-6+,19-10+. The first-order valence-corrected chi connectivity index (χ1v) is 9.84. The highest BCUT2D eigenvalue weighted by Gasteiger charge is 2.11. The van der Waals surface area contributed by atoms with Crippen molar-refractivity contribution in [2.45, 2.75) is 6.92 Å². The molecule has 0 aliphatic rings. The van der Waals surface area contributed by atoms with Gasteiger partial charge < -0.3 is 15.2 Å². The number of thioether (sulfide) groups is 1. The molecule has 0 bridgehead atoms. The fourth-order valence-electron chi connectivity index (χ4n) is 2.24. The number of hydrogen-bond donors (Lipinski definition) is 2. The molecular weight excluding hydrogens is 390 g/mol. The average molecular weight is 411 g/mol. The monoisotopic (exact) mass is 411 g/mol. The van der Waals surface area contributed by atoms with Crippen molar-refractivity contribution >= 4 is 41.4 Å². The number of anilines is 1. The van der Waals surface area contributed by atoms with Crippen LogP contribution < -0.4 is 5.32 Å². The van der Waals surface area contributed by atoms with E-state index in [4.69, 9.17) is 4.74 Å². The van der Waals surface area contributed by atoms with Crippen molar-refractivity contribution in [1.82, 2.24) is 0 Å². The summed E-state index contributed by atoms with van der Waals surface area (Å²) in [6, 6.07) is 15.8. The van der Waals surface area contributed by atoms with Gasteiger partial charge in [0.05, 0.1) is 22.8 Å². The van der Waals surface area contributed by atoms with E-state index < -0.39 is 11.9 Å². The van der Waals surface area contributed by atoms with Gasteiger partial charge in [-0.15, -0.1) is 11.8 Å². The third-order valence-corrected chi connectivity index (χ3v) is 4.61. The lowest BCUT2D eigenvalue weighted by molar-refractivity contribution is -0.131. The summed E-state index contributed by atoms with van der Waals surface area (Å²) in [5, 5.41) is 12.0. The van der Waals surface area contributed by atoms with Crippen LogP contribution in [0.3, 0.4) is 0 Å². The minimum Gasteiger partial charge on any atom is -0.477 e. The maximum atomic E-state index is 12.1. The molecule has 0 atom stereocenters. The molecule has 6 nitrogen and oxygen atoms in total. The molecule has 2 N–H and O–H groups in total. The summed E-state index contributed by atoms with van der Waals surface area (Å²) in [6.45, 7) is 2.01. The quantitative estimate of drug-likeness (QED) is 0.365. The van der Waals surface area contributed by atoms with E-state index in [2.05, 4.69) is 5.32 Å². The molecule has 2 aromatic rings. The van der Waals surface area contributed by atoms with Crippen molar-refractivity contribution in [3.05, 3.63) is 82.8 Å². The predicted molar refractivity (Wildman–Crippen MR) is 115 cm³/mol. The number of carbonyl (C=O) groups excluding carboxylic acids is 2. The molecule has 150 valence electrons. The molecule has 2 aromatic carbocycles. The van der Waals surface area contributed by atoms with Gasteiger partial charge in [-0.05, 0) is 42.8 Å². The fraction of sp³-hybridized carbons (Fsp3) is 0.136. The van der Waals surface area contributed by atoms with Crippen LogP contribution in [-0.4, -0.2) is 35.3 Å². The van der Waals surface area contributed by atoms with Gasteiger partial charge in [0.1, 0.15) is 0 Å². The lowest BCUT2D eigenvalue weighted by atomic mass is 10.2. The first-order chi connectivity index (χ1) is 14.0. The zero-order valence-electron chi connectivity index (χ0n) is 15.8. The first-order valence-electron chi connectivity index (χ1n) is 8.86. The molecule has 0 spiro atoms. The van der Waals surface area contributed by atoms with E-state index in [0.29, 0.717) is 11.3 Å². The van der Waals surface area contributed by atoms with Crippen molar-refractivity contribution in [2.24, 2.45) is 0 Å². The molecule has 2 rings (SSSR count). The minimum atomic E-state index is -1.10. The summed E-state index contributed by atoms with van der Waals surface area (Å²) in [5.41, 5.74) is 1.84. The number of esters is 1. The van der Waals surface area contributed by atoms with Gasteiger partial charge in [-0.3, -0.25) is 4.79 Å². The summed E-state index contributed by atoms with van der Waals surface area (Å²) in [7, 11) is 0. The van der Waals surface area contributed by atoms with Crippen LogP contribution in [0.15, 0.2) is 71.7 Å². The number of hydrogen-bond acceptors (Lipinski definition) is 5. The topological polar surface area (TPSA) is 92.7 Å². The Balaban J connectivity index is 1.90. The lowest BCUT2D eigenvalue weighted by Crippen LogP contribution is -2.15. The number of carbonyl (C=O) groups is 3. The third-order valence-electron chi connectivity index (χ3n) is 3.59. The van der Waals surface area contributed by atoms with Crippen molar-refractivity contribution in [2.75, 3.05) is 17.7 Å². The van der Waals surface area contributed by atoms with Crippen molar-refractivity contribution < 1.29 is 24.2 Å². The van der Waals surface area contributed by atoms with Crippen molar-refractivity contribution in [3.8, 4) is 0 Å². The number of nitrogens with one attached hydrogen (secondary N) is 1. The Hall–Kier alpha value is -3.32. The van der Waals surface area contributed by atoms with E-state index in [9.17, 15) is 19.5 Å². The van der Waals surface area contributed by atoms with E-state index in [1.165, 1.54) is 6.08 Å². The Labute approximate surface area is 173 Å². The Morgan fingerprint density at radius 1 is 1.07 bits per heavy atom. The summed E-state index contributed by atoms with van der Waals surface area (Å²) in [6.07, 6.45) is 4.88. The number of carboxylic acids is 1. The van der Waals surface area contributed by atoms with Gasteiger partial charge in [-0.2, -0.15) is 0 Å². The minimum absolute atomic E-state index is 0.0586. The van der Waals surface area contributed by atoms with Crippen LogP contribution in [0.1, 0.15) is 22.8 Å². The second-order valence-corrected chi connectivity index (χ2v) is 6.76. The van der Waals surface area contributed by atoms with E-state index >= 15 is 0 Å². The smallest absolute Gasteiger partial charge is 0.342 e. The van der Waals surface area contributed by atoms with Crippen LogP contribution in [-0.2, 0) is 14.3 Å². The first kappa shape index (κ1) is 22.0. The fourth-order valence-corrected chi connectivity index (χ4v) is 2.89. The number of allylic oxidation sites excluding steroid dienone is 2. The molecule has 1 amide bonds. The van der Waals surface area contributed by atoms with Crippen LogP contribution in [0.25, 0.3) is 6.08 Å². The number of rotatable bonds is 9. The molecule has 29 heavy (non-hydrogen) atoms. The lowest BCUT2D eigenvalue weighted by Gasteiger charge is -2.07. The Morgan fingerprint density at radius 3 is 2.38 bits per heavy atom. The molecule has 0 saturated heterocycles. The predicted octanol–water partition coefficient (Wildman–Crippen LogP) is 4.22. The van der Waals surface area contributed by atoms with Crippen molar-refractivity contribution in [1.29, 1.82) is 0 Å². The SMILES string of the molecule is CCOC(=O)c1ccc(NC(=O)CS/C(=C/C=C/c2ccccc2)C(=O)O)cc1. The van der Waals surface area contributed by atoms with Gasteiger partial charge in [-0.1, -0.05) is 42.5 Å². The average Bonchev–Trinajstić information content (AvgIpc) is 2.71. The normalized spacial score (nSPS) is 11.3. The van der Waals surface area contributed by atoms with Crippen molar-refractivity contribution in [3.63, 3.8) is 0 Å². The van der Waals surface area contributed by atoms with Gasteiger partial charge in [0.2, 0.25) is 5.91 Å². The zero-order chi connectivity index (χ0) is 21.1. The summed E-state index contributed by atoms with van der Waals surface area (Å²) in [5.74, 6) is -1.94. The molecular formula is C22H21NO5S. The highest BCUT2D eigenvalue weighted by atomic mass is 32.2. The van der Waals surface area contributed by atoms with Crippen LogP contribution in [0.5, 0.6) is 0 Å². The van der Waals surface area contributed by atoms with Crippen LogP contribution in [0, 0.1) is 0 Å². The molecule has 0 aliphatic carbocycles. The van der Waals surface area contributed by atoms with Gasteiger partial charge in [0.15, 0.2) is 0 Å². The number of carboxylic acid groups (broad SMARTS) is 1. The molecule has 0 saturated carbocycles. The van der Waals surface area contributed by atoms with Gasteiger partial charge in [0.25, 0.3) is 0 Å². The van der Waals surface area contributed by atoms with E-state index in [1.807, 2.05) is 30.3 Å². The number of aliphatic carboxylic acids is 1. The molecule has 0 fully saturated rings. The Bertz CT molecular complexity index is 905. The molecule has 0 aromatic heterocycles. The third kappa shape index (κ3) is 7.67. The zero-order valence-corrected chi connectivity index (χ0v) is 16.6. The number of ether oxygens (including phenoxy) is 1.